The number of nitrogens with one attached hydrogen (secondary N) is 1. The van der Waals surface area contributed by atoms with E-state index in [4.69, 9.17) is 10.5 Å². The van der Waals surface area contributed by atoms with E-state index in [0.29, 0.717) is 18.5 Å². The molecule has 2 unspecified atom stereocenters. The highest BCUT2D eigenvalue weighted by Crippen LogP contribution is 2.35. The molecule has 0 amide bonds. The van der Waals surface area contributed by atoms with Gasteiger partial charge in [0.25, 0.3) is 0 Å². The molecule has 1 aromatic rings. The van der Waals surface area contributed by atoms with Crippen LogP contribution in [0.5, 0.6) is 5.75 Å². The highest BCUT2D eigenvalue weighted by atomic mass is 16.5. The Bertz CT molecular complexity index is 459. The van der Waals surface area contributed by atoms with Crippen LogP contribution in [-0.4, -0.2) is 26.2 Å². The number of rotatable bonds is 4. The lowest BCUT2D eigenvalue weighted by atomic mass is 9.81. The fraction of sp³-hybridized carbons (Fsp3) is 0.667. The molecule has 118 valence electrons. The molecule has 1 saturated heterocycles. The molecule has 1 fully saturated rings. The van der Waals surface area contributed by atoms with Gasteiger partial charge in [0.1, 0.15) is 5.75 Å². The fourth-order valence-corrected chi connectivity index (χ4v) is 3.22. The Morgan fingerprint density at radius 3 is 2.62 bits per heavy atom. The van der Waals surface area contributed by atoms with Gasteiger partial charge in [-0.3, -0.25) is 0 Å². The van der Waals surface area contributed by atoms with Crippen LogP contribution >= 0.6 is 0 Å². The van der Waals surface area contributed by atoms with Gasteiger partial charge < -0.3 is 15.8 Å². The number of ether oxygens (including phenoxy) is 1. The summed E-state index contributed by atoms with van der Waals surface area (Å²) in [6.45, 7) is 8.49. The lowest BCUT2D eigenvalue weighted by molar-refractivity contribution is 0.340. The minimum Gasteiger partial charge on any atom is -0.496 e. The second-order valence-electron chi connectivity index (χ2n) is 7.11. The Hall–Kier alpha value is -1.06. The van der Waals surface area contributed by atoms with Crippen molar-refractivity contribution in [1.82, 2.24) is 5.32 Å². The summed E-state index contributed by atoms with van der Waals surface area (Å²) in [6.07, 6.45) is 3.76. The smallest absolute Gasteiger partial charge is 0.122 e. The first kappa shape index (κ1) is 16.3. The molecule has 0 spiro atoms. The zero-order valence-electron chi connectivity index (χ0n) is 13.9. The second kappa shape index (κ2) is 6.80. The Kier molecular flexibility index (Phi) is 5.28. The number of hydrogen-bond donors (Lipinski definition) is 2. The molecule has 1 heterocycles. The molecule has 2 atom stereocenters. The van der Waals surface area contributed by atoms with E-state index in [0.717, 1.165) is 12.3 Å². The molecular formula is C18H30N2O. The zero-order chi connectivity index (χ0) is 15.5. The summed E-state index contributed by atoms with van der Waals surface area (Å²) < 4.78 is 5.60. The lowest BCUT2D eigenvalue weighted by Crippen LogP contribution is -2.41. The van der Waals surface area contributed by atoms with Crippen LogP contribution in [0.4, 0.5) is 0 Å². The van der Waals surface area contributed by atoms with Crippen LogP contribution in [0.2, 0.25) is 0 Å². The van der Waals surface area contributed by atoms with Crippen LogP contribution in [0.3, 0.4) is 0 Å². The molecule has 2 rings (SSSR count). The predicted octanol–water partition coefficient (Wildman–Crippen LogP) is 3.18. The molecule has 0 aromatic heterocycles. The number of hydrogen-bond acceptors (Lipinski definition) is 3. The SMILES string of the molecule is COc1ccc(C(C)(C)C)cc1C(CN)C1CCCCN1. The van der Waals surface area contributed by atoms with Gasteiger partial charge in [-0.1, -0.05) is 39.3 Å². The van der Waals surface area contributed by atoms with Gasteiger partial charge in [0.2, 0.25) is 0 Å². The maximum Gasteiger partial charge on any atom is 0.122 e. The van der Waals surface area contributed by atoms with Crippen molar-refractivity contribution >= 4 is 0 Å². The minimum absolute atomic E-state index is 0.139. The van der Waals surface area contributed by atoms with Crippen molar-refractivity contribution in [1.29, 1.82) is 0 Å². The molecule has 0 saturated carbocycles. The molecule has 21 heavy (non-hydrogen) atoms. The highest BCUT2D eigenvalue weighted by molar-refractivity contribution is 5.43. The number of piperidine rings is 1. The first-order chi connectivity index (χ1) is 9.97. The van der Waals surface area contributed by atoms with Crippen LogP contribution in [0.1, 0.15) is 57.1 Å². The zero-order valence-corrected chi connectivity index (χ0v) is 13.9. The molecule has 1 aromatic carbocycles. The van der Waals surface area contributed by atoms with Gasteiger partial charge in [0, 0.05) is 24.1 Å². The van der Waals surface area contributed by atoms with E-state index in [1.54, 1.807) is 7.11 Å². The van der Waals surface area contributed by atoms with Gasteiger partial charge in [-0.15, -0.1) is 0 Å². The molecular weight excluding hydrogens is 260 g/mol. The Morgan fingerprint density at radius 1 is 1.33 bits per heavy atom. The van der Waals surface area contributed by atoms with E-state index in [-0.39, 0.29) is 5.41 Å². The summed E-state index contributed by atoms with van der Waals surface area (Å²) in [5, 5.41) is 3.64. The first-order valence-corrected chi connectivity index (χ1v) is 8.09. The van der Waals surface area contributed by atoms with Gasteiger partial charge in [0.15, 0.2) is 0 Å². The van der Waals surface area contributed by atoms with Crippen LogP contribution in [0, 0.1) is 0 Å². The molecule has 0 bridgehead atoms. The van der Waals surface area contributed by atoms with Crippen LogP contribution in [0.15, 0.2) is 18.2 Å². The molecule has 3 heteroatoms. The predicted molar refractivity (Wildman–Crippen MR) is 89.1 cm³/mol. The fourth-order valence-electron chi connectivity index (χ4n) is 3.22. The average Bonchev–Trinajstić information content (AvgIpc) is 2.48. The molecule has 3 nitrogen and oxygen atoms in total. The van der Waals surface area contributed by atoms with Crippen molar-refractivity contribution in [2.24, 2.45) is 5.73 Å². The van der Waals surface area contributed by atoms with Crippen molar-refractivity contribution < 1.29 is 4.74 Å². The van der Waals surface area contributed by atoms with Gasteiger partial charge in [0.05, 0.1) is 7.11 Å². The van der Waals surface area contributed by atoms with Crippen molar-refractivity contribution in [2.45, 2.75) is 57.4 Å². The normalized spacial score (nSPS) is 21.1. The standard InChI is InChI=1S/C18H30N2O/c1-18(2,3)13-8-9-17(21-4)14(11-13)15(12-19)16-7-5-6-10-20-16/h8-9,11,15-16,20H,5-7,10,12,19H2,1-4H3. The third-order valence-corrected chi connectivity index (χ3v) is 4.58. The minimum atomic E-state index is 0.139. The average molecular weight is 290 g/mol. The Balaban J connectivity index is 2.37. The summed E-state index contributed by atoms with van der Waals surface area (Å²) >= 11 is 0. The third-order valence-electron chi connectivity index (χ3n) is 4.58. The first-order valence-electron chi connectivity index (χ1n) is 8.09. The number of benzene rings is 1. The van der Waals surface area contributed by atoms with E-state index >= 15 is 0 Å². The number of nitrogens with two attached hydrogens (primary N) is 1. The summed E-state index contributed by atoms with van der Waals surface area (Å²) in [5.41, 5.74) is 8.86. The molecule has 1 aliphatic heterocycles. The molecule has 1 aliphatic rings. The van der Waals surface area contributed by atoms with Crippen molar-refractivity contribution in [3.63, 3.8) is 0 Å². The van der Waals surface area contributed by atoms with Crippen LogP contribution < -0.4 is 15.8 Å². The van der Waals surface area contributed by atoms with Crippen molar-refractivity contribution in [3.8, 4) is 5.75 Å². The summed E-state index contributed by atoms with van der Waals surface area (Å²) in [5.74, 6) is 1.29. The molecule has 0 radical (unpaired) electrons. The molecule has 3 N–H and O–H groups in total. The quantitative estimate of drug-likeness (QED) is 0.895. The summed E-state index contributed by atoms with van der Waals surface area (Å²) in [4.78, 5) is 0. The van der Waals surface area contributed by atoms with Crippen LogP contribution in [-0.2, 0) is 5.41 Å². The van der Waals surface area contributed by atoms with E-state index in [1.165, 1.54) is 30.4 Å². The van der Waals surface area contributed by atoms with E-state index in [9.17, 15) is 0 Å². The highest BCUT2D eigenvalue weighted by Gasteiger charge is 2.27. The van der Waals surface area contributed by atoms with Gasteiger partial charge in [-0.2, -0.15) is 0 Å². The Labute approximate surface area is 129 Å². The van der Waals surface area contributed by atoms with Gasteiger partial charge in [-0.05, 0) is 36.4 Å². The monoisotopic (exact) mass is 290 g/mol. The summed E-state index contributed by atoms with van der Waals surface area (Å²) in [7, 11) is 1.75. The van der Waals surface area contributed by atoms with Crippen molar-refractivity contribution in [2.75, 3.05) is 20.2 Å². The topological polar surface area (TPSA) is 47.3 Å². The lowest BCUT2D eigenvalue weighted by Gasteiger charge is -2.32. The van der Waals surface area contributed by atoms with Crippen molar-refractivity contribution in [3.05, 3.63) is 29.3 Å². The second-order valence-corrected chi connectivity index (χ2v) is 7.11. The summed E-state index contributed by atoms with van der Waals surface area (Å²) in [6, 6.07) is 7.03. The molecule has 0 aliphatic carbocycles. The Morgan fingerprint density at radius 2 is 2.10 bits per heavy atom. The largest absolute Gasteiger partial charge is 0.496 e. The van der Waals surface area contributed by atoms with Gasteiger partial charge >= 0.3 is 0 Å². The van der Waals surface area contributed by atoms with E-state index < -0.39 is 0 Å². The number of methoxy groups -OCH3 is 1. The van der Waals surface area contributed by atoms with Crippen LogP contribution in [0.25, 0.3) is 0 Å². The van der Waals surface area contributed by atoms with E-state index in [2.05, 4.69) is 44.3 Å². The van der Waals surface area contributed by atoms with E-state index in [1.807, 2.05) is 0 Å². The third kappa shape index (κ3) is 3.78. The maximum atomic E-state index is 6.12. The van der Waals surface area contributed by atoms with Gasteiger partial charge in [-0.25, -0.2) is 0 Å². The maximum absolute atomic E-state index is 6.12.